The molecule has 5 rings (SSSR count). The summed E-state index contributed by atoms with van der Waals surface area (Å²) >= 11 is 0. The molecule has 0 radical (unpaired) electrons. The van der Waals surface area contributed by atoms with Gasteiger partial charge in [-0.25, -0.2) is 19.6 Å². The summed E-state index contributed by atoms with van der Waals surface area (Å²) in [7, 11) is 3.46. The lowest BCUT2D eigenvalue weighted by Gasteiger charge is -2.34. The van der Waals surface area contributed by atoms with Gasteiger partial charge in [0.15, 0.2) is 34.8 Å². The molecule has 266 valence electrons. The smallest absolute Gasteiger partial charge is 0.406 e. The van der Waals surface area contributed by atoms with Crippen LogP contribution in [0.3, 0.4) is 0 Å². The second-order valence-electron chi connectivity index (χ2n) is 11.5. The molecule has 2 aromatic heterocycles. The van der Waals surface area contributed by atoms with E-state index in [2.05, 4.69) is 30.4 Å². The lowest BCUT2D eigenvalue weighted by atomic mass is 10.2. The standard InChI is InChI=1S/C33H39N13O5/c1-44(13-14-45(2)32(47)50-26-17-24(28(34)38-30(26)36)42-40-21-9-5-3-6-10-21)19-23-20-46(15-16-49-23)33(48)51-27-18-25(29(35)39-31(27)37)43-41-22-11-7-4-8-12-22/h3-12,17-18,23H,13-16,19-20H2,1-2H3,(H4,34,36,38)(H4,35,37,39). The Labute approximate surface area is 293 Å². The summed E-state index contributed by atoms with van der Waals surface area (Å²) in [5.74, 6) is -0.0226. The highest BCUT2D eigenvalue weighted by Crippen LogP contribution is 2.33. The Morgan fingerprint density at radius 2 is 1.31 bits per heavy atom. The molecule has 0 saturated carbocycles. The summed E-state index contributed by atoms with van der Waals surface area (Å²) in [5, 5.41) is 16.5. The van der Waals surface area contributed by atoms with E-state index < -0.39 is 12.2 Å². The monoisotopic (exact) mass is 697 g/mol. The lowest BCUT2D eigenvalue weighted by molar-refractivity contribution is -0.0330. The highest BCUT2D eigenvalue weighted by atomic mass is 16.6. The number of morpholine rings is 1. The van der Waals surface area contributed by atoms with Crippen molar-refractivity contribution in [1.82, 2.24) is 24.7 Å². The van der Waals surface area contributed by atoms with Crippen LogP contribution in [0.25, 0.3) is 0 Å². The van der Waals surface area contributed by atoms with Crippen LogP contribution < -0.4 is 32.4 Å². The zero-order valence-electron chi connectivity index (χ0n) is 28.1. The largest absolute Gasteiger partial charge is 0.415 e. The molecule has 18 heteroatoms. The Morgan fingerprint density at radius 3 is 1.86 bits per heavy atom. The van der Waals surface area contributed by atoms with Crippen molar-refractivity contribution in [3.8, 4) is 11.5 Å². The quantitative estimate of drug-likeness (QED) is 0.153. The van der Waals surface area contributed by atoms with Crippen molar-refractivity contribution < 1.29 is 23.8 Å². The number of likely N-dealkylation sites (N-methyl/N-ethyl adjacent to an activating group) is 2. The number of azo groups is 2. The topological polar surface area (TPSA) is 251 Å². The van der Waals surface area contributed by atoms with Gasteiger partial charge in [-0.1, -0.05) is 36.4 Å². The van der Waals surface area contributed by atoms with Crippen molar-refractivity contribution in [2.45, 2.75) is 6.10 Å². The number of amides is 2. The average Bonchev–Trinajstić information content (AvgIpc) is 3.12. The Bertz CT molecular complexity index is 1880. The summed E-state index contributed by atoms with van der Waals surface area (Å²) in [6.45, 7) is 2.12. The van der Waals surface area contributed by atoms with Gasteiger partial charge < -0.3 is 51.8 Å². The fraction of sp³-hybridized carbons (Fsp3) is 0.273. The van der Waals surface area contributed by atoms with Crippen LogP contribution in [0, 0.1) is 0 Å². The Morgan fingerprint density at radius 1 is 0.784 bits per heavy atom. The van der Waals surface area contributed by atoms with Gasteiger partial charge in [0, 0.05) is 45.4 Å². The zero-order valence-corrected chi connectivity index (χ0v) is 28.1. The predicted molar refractivity (Wildman–Crippen MR) is 191 cm³/mol. The normalized spacial score (nSPS) is 14.6. The van der Waals surface area contributed by atoms with Crippen LogP contribution in [0.15, 0.2) is 93.3 Å². The van der Waals surface area contributed by atoms with Crippen molar-refractivity contribution in [1.29, 1.82) is 0 Å². The third kappa shape index (κ3) is 10.1. The molecule has 18 nitrogen and oxygen atoms in total. The number of benzene rings is 2. The molecule has 51 heavy (non-hydrogen) atoms. The molecule has 1 atom stereocenters. The van der Waals surface area contributed by atoms with E-state index >= 15 is 0 Å². The molecule has 2 aromatic carbocycles. The van der Waals surface area contributed by atoms with Crippen LogP contribution in [0.5, 0.6) is 11.5 Å². The number of carbonyl (C=O) groups excluding carboxylic acids is 2. The van der Waals surface area contributed by atoms with Crippen LogP contribution in [-0.4, -0.2) is 96.4 Å². The van der Waals surface area contributed by atoms with Crippen LogP contribution in [-0.2, 0) is 4.74 Å². The van der Waals surface area contributed by atoms with E-state index in [-0.39, 0.29) is 58.8 Å². The predicted octanol–water partition coefficient (Wildman–Crippen LogP) is 4.90. The molecule has 0 spiro atoms. The number of hydrogen-bond acceptors (Lipinski definition) is 16. The fourth-order valence-electron chi connectivity index (χ4n) is 4.74. The molecule has 4 aromatic rings. The summed E-state index contributed by atoms with van der Waals surface area (Å²) in [6, 6.07) is 20.9. The number of aromatic nitrogens is 2. The number of ether oxygens (including phenoxy) is 3. The summed E-state index contributed by atoms with van der Waals surface area (Å²) in [6.07, 6.45) is -1.61. The number of nitrogen functional groups attached to an aromatic ring is 4. The Kier molecular flexibility index (Phi) is 11.8. The highest BCUT2D eigenvalue weighted by molar-refractivity contribution is 5.76. The summed E-state index contributed by atoms with van der Waals surface area (Å²) in [5.41, 5.74) is 25.5. The number of rotatable bonds is 11. The molecule has 1 aliphatic rings. The lowest BCUT2D eigenvalue weighted by Crippen LogP contribution is -2.50. The van der Waals surface area contributed by atoms with Crippen LogP contribution in [0.2, 0.25) is 0 Å². The number of carbonyl (C=O) groups is 2. The number of hydrogen-bond donors (Lipinski definition) is 4. The molecule has 0 bridgehead atoms. The first-order chi connectivity index (χ1) is 24.5. The maximum absolute atomic E-state index is 13.1. The van der Waals surface area contributed by atoms with E-state index in [0.29, 0.717) is 44.2 Å². The third-order valence-electron chi connectivity index (χ3n) is 7.54. The van der Waals surface area contributed by atoms with Gasteiger partial charge in [0.1, 0.15) is 11.4 Å². The second kappa shape index (κ2) is 16.8. The van der Waals surface area contributed by atoms with Gasteiger partial charge in [-0.15, -0.1) is 10.2 Å². The minimum Gasteiger partial charge on any atom is -0.406 e. The second-order valence-corrected chi connectivity index (χ2v) is 11.5. The van der Waals surface area contributed by atoms with E-state index in [1.165, 1.54) is 21.9 Å². The van der Waals surface area contributed by atoms with E-state index in [1.807, 2.05) is 48.3 Å². The number of nitrogens with zero attached hydrogens (tertiary/aromatic N) is 9. The van der Waals surface area contributed by atoms with Crippen molar-refractivity contribution >= 4 is 58.2 Å². The Balaban J connectivity index is 1.10. The van der Waals surface area contributed by atoms with Crippen LogP contribution >= 0.6 is 0 Å². The van der Waals surface area contributed by atoms with Crippen molar-refractivity contribution in [2.75, 3.05) is 76.4 Å². The van der Waals surface area contributed by atoms with Crippen molar-refractivity contribution in [2.24, 2.45) is 20.5 Å². The SMILES string of the molecule is CN(CCN(C)C(=O)Oc1cc(N=Nc2ccccc2)c(N)nc1N)CC1CN(C(=O)Oc2cc(N=Nc3ccccc3)c(N)nc2N)CCO1. The van der Waals surface area contributed by atoms with Gasteiger partial charge in [-0.05, 0) is 31.3 Å². The maximum atomic E-state index is 13.1. The van der Waals surface area contributed by atoms with Gasteiger partial charge in [-0.3, -0.25) is 0 Å². The van der Waals surface area contributed by atoms with Crippen molar-refractivity contribution in [3.05, 3.63) is 72.8 Å². The maximum Gasteiger partial charge on any atom is 0.415 e. The van der Waals surface area contributed by atoms with Crippen molar-refractivity contribution in [3.63, 3.8) is 0 Å². The molecule has 1 fully saturated rings. The third-order valence-corrected chi connectivity index (χ3v) is 7.54. The van der Waals surface area contributed by atoms with E-state index in [1.54, 1.807) is 31.3 Å². The molecule has 1 saturated heterocycles. The average molecular weight is 698 g/mol. The number of pyridine rings is 2. The minimum absolute atomic E-state index is 0.00306. The first-order valence-electron chi connectivity index (χ1n) is 15.8. The first-order valence-corrected chi connectivity index (χ1v) is 15.8. The van der Waals surface area contributed by atoms with E-state index in [4.69, 9.17) is 37.1 Å². The molecular formula is C33H39N13O5. The Hall–Kier alpha value is -6.40. The summed E-state index contributed by atoms with van der Waals surface area (Å²) in [4.78, 5) is 39.0. The van der Waals surface area contributed by atoms with E-state index in [9.17, 15) is 9.59 Å². The van der Waals surface area contributed by atoms with Crippen LogP contribution in [0.4, 0.5) is 55.6 Å². The van der Waals surface area contributed by atoms with Gasteiger partial charge in [0.25, 0.3) is 0 Å². The molecule has 3 heterocycles. The molecule has 0 aliphatic carbocycles. The zero-order chi connectivity index (χ0) is 36.3. The number of anilines is 4. The summed E-state index contributed by atoms with van der Waals surface area (Å²) < 4.78 is 17.0. The molecule has 1 unspecified atom stereocenters. The molecular weight excluding hydrogens is 658 g/mol. The molecule has 1 aliphatic heterocycles. The van der Waals surface area contributed by atoms with Gasteiger partial charge in [0.05, 0.1) is 30.6 Å². The first kappa shape index (κ1) is 35.9. The number of nitrogens with two attached hydrogens (primary N) is 4. The van der Waals surface area contributed by atoms with Gasteiger partial charge >= 0.3 is 12.2 Å². The van der Waals surface area contributed by atoms with Gasteiger partial charge in [0.2, 0.25) is 0 Å². The van der Waals surface area contributed by atoms with Gasteiger partial charge in [-0.2, -0.15) is 10.2 Å². The van der Waals surface area contributed by atoms with Crippen LogP contribution in [0.1, 0.15) is 0 Å². The van der Waals surface area contributed by atoms with E-state index in [0.717, 1.165) is 0 Å². The minimum atomic E-state index is -0.656. The highest BCUT2D eigenvalue weighted by Gasteiger charge is 2.28. The molecule has 8 N–H and O–H groups in total. The molecule has 2 amide bonds. The fourth-order valence-corrected chi connectivity index (χ4v) is 4.74.